The summed E-state index contributed by atoms with van der Waals surface area (Å²) in [5.74, 6) is -1.02. The van der Waals surface area contributed by atoms with Crippen LogP contribution in [0.15, 0.2) is 60.7 Å². The molecular weight excluding hydrogens is 456 g/mol. The van der Waals surface area contributed by atoms with Crippen LogP contribution < -0.4 is 9.47 Å². The number of nitrogens with zero attached hydrogens (tertiary/aromatic N) is 1. The van der Waals surface area contributed by atoms with Crippen LogP contribution in [0, 0.1) is 0 Å². The van der Waals surface area contributed by atoms with Gasteiger partial charge in [-0.05, 0) is 55.5 Å². The molecule has 0 saturated heterocycles. The Balaban J connectivity index is 1.88. The van der Waals surface area contributed by atoms with Crippen molar-refractivity contribution in [3.8, 4) is 23.1 Å². The first-order chi connectivity index (χ1) is 15.5. The largest absolute Gasteiger partial charge is 0.461 e. The summed E-state index contributed by atoms with van der Waals surface area (Å²) in [6.45, 7) is 1.61. The van der Waals surface area contributed by atoms with E-state index in [0.29, 0.717) is 0 Å². The SMILES string of the molecule is CCOC(=O)c1cc(Oc2ccc(C(F)(F)F)cc2)cc(Oc2ccc(C(F)(F)F)cc2)n1. The molecule has 174 valence electrons. The number of benzene rings is 2. The van der Waals surface area contributed by atoms with Gasteiger partial charge < -0.3 is 14.2 Å². The number of alkyl halides is 6. The number of hydrogen-bond acceptors (Lipinski definition) is 5. The molecule has 0 N–H and O–H groups in total. The molecule has 0 amide bonds. The maximum Gasteiger partial charge on any atom is 0.416 e. The van der Waals surface area contributed by atoms with Crippen LogP contribution in [0.2, 0.25) is 0 Å². The third-order valence-corrected chi connectivity index (χ3v) is 4.08. The molecule has 0 spiro atoms. The Morgan fingerprint density at radius 2 is 1.24 bits per heavy atom. The molecule has 1 aromatic heterocycles. The van der Waals surface area contributed by atoms with Gasteiger partial charge in [-0.1, -0.05) is 0 Å². The van der Waals surface area contributed by atoms with Gasteiger partial charge in [0.25, 0.3) is 0 Å². The molecule has 0 aliphatic carbocycles. The van der Waals surface area contributed by atoms with Gasteiger partial charge in [0.05, 0.1) is 17.7 Å². The van der Waals surface area contributed by atoms with E-state index in [1.54, 1.807) is 6.92 Å². The summed E-state index contributed by atoms with van der Waals surface area (Å²) < 4.78 is 92.2. The molecule has 1 heterocycles. The first kappa shape index (κ1) is 23.9. The van der Waals surface area contributed by atoms with Gasteiger partial charge in [0.2, 0.25) is 5.88 Å². The number of halogens is 6. The van der Waals surface area contributed by atoms with Gasteiger partial charge in [0, 0.05) is 12.1 Å². The fourth-order valence-electron chi connectivity index (χ4n) is 2.58. The van der Waals surface area contributed by atoms with Crippen molar-refractivity contribution in [2.45, 2.75) is 19.3 Å². The fourth-order valence-corrected chi connectivity index (χ4v) is 2.58. The summed E-state index contributed by atoms with van der Waals surface area (Å²) in [7, 11) is 0. The van der Waals surface area contributed by atoms with Crippen molar-refractivity contribution >= 4 is 5.97 Å². The van der Waals surface area contributed by atoms with E-state index in [9.17, 15) is 31.1 Å². The summed E-state index contributed by atoms with van der Waals surface area (Å²) in [5.41, 5.74) is -1.99. The van der Waals surface area contributed by atoms with Crippen LogP contribution in [-0.2, 0) is 17.1 Å². The highest BCUT2D eigenvalue weighted by Crippen LogP contribution is 2.34. The molecule has 0 unspecified atom stereocenters. The summed E-state index contributed by atoms with van der Waals surface area (Å²) >= 11 is 0. The van der Waals surface area contributed by atoms with Crippen molar-refractivity contribution in [3.63, 3.8) is 0 Å². The Morgan fingerprint density at radius 1 is 0.758 bits per heavy atom. The minimum atomic E-state index is -4.52. The monoisotopic (exact) mass is 471 g/mol. The lowest BCUT2D eigenvalue weighted by molar-refractivity contribution is -0.138. The van der Waals surface area contributed by atoms with Crippen LogP contribution in [0.5, 0.6) is 23.1 Å². The summed E-state index contributed by atoms with van der Waals surface area (Å²) in [5, 5.41) is 0. The highest BCUT2D eigenvalue weighted by atomic mass is 19.4. The third kappa shape index (κ3) is 6.37. The van der Waals surface area contributed by atoms with E-state index in [-0.39, 0.29) is 35.4 Å². The van der Waals surface area contributed by atoms with Crippen molar-refractivity contribution in [1.82, 2.24) is 4.98 Å². The molecule has 11 heteroatoms. The number of esters is 1. The molecule has 0 fully saturated rings. The Bertz CT molecular complexity index is 1030. The van der Waals surface area contributed by atoms with E-state index in [0.717, 1.165) is 48.5 Å². The van der Waals surface area contributed by atoms with Crippen LogP contribution >= 0.6 is 0 Å². The fraction of sp³-hybridized carbons (Fsp3) is 0.182. The van der Waals surface area contributed by atoms with E-state index in [1.807, 2.05) is 0 Å². The number of rotatable bonds is 6. The number of hydrogen-bond donors (Lipinski definition) is 0. The highest BCUT2D eigenvalue weighted by molar-refractivity contribution is 5.87. The van der Waals surface area contributed by atoms with Gasteiger partial charge in [-0.25, -0.2) is 9.78 Å². The average Bonchev–Trinajstić information content (AvgIpc) is 2.73. The lowest BCUT2D eigenvalue weighted by atomic mass is 10.2. The molecular formula is C22H15F6NO4. The van der Waals surface area contributed by atoms with Gasteiger partial charge in [0.15, 0.2) is 5.69 Å². The standard InChI is InChI=1S/C22H15F6NO4/c1-2-31-20(30)18-11-17(32-15-7-3-13(4-8-15)21(23,24)25)12-19(29-18)33-16-9-5-14(6-10-16)22(26,27)28/h3-12H,2H2,1H3. The lowest BCUT2D eigenvalue weighted by Gasteiger charge is -2.12. The second-order valence-electron chi connectivity index (χ2n) is 6.50. The van der Waals surface area contributed by atoms with Crippen LogP contribution in [0.4, 0.5) is 26.3 Å². The van der Waals surface area contributed by atoms with E-state index in [4.69, 9.17) is 14.2 Å². The molecule has 0 aliphatic heterocycles. The van der Waals surface area contributed by atoms with Crippen LogP contribution in [0.1, 0.15) is 28.5 Å². The van der Waals surface area contributed by atoms with Gasteiger partial charge in [-0.15, -0.1) is 0 Å². The molecule has 3 aromatic rings. The average molecular weight is 471 g/mol. The van der Waals surface area contributed by atoms with E-state index >= 15 is 0 Å². The van der Waals surface area contributed by atoms with Gasteiger partial charge >= 0.3 is 18.3 Å². The zero-order valence-corrected chi connectivity index (χ0v) is 16.8. The van der Waals surface area contributed by atoms with E-state index in [1.165, 1.54) is 12.1 Å². The second-order valence-corrected chi connectivity index (χ2v) is 6.50. The predicted molar refractivity (Wildman–Crippen MR) is 103 cm³/mol. The molecule has 33 heavy (non-hydrogen) atoms. The first-order valence-electron chi connectivity index (χ1n) is 9.35. The Labute approximate surface area is 183 Å². The Hall–Kier alpha value is -3.76. The minimum absolute atomic E-state index is 0.00279. The minimum Gasteiger partial charge on any atom is -0.461 e. The zero-order chi connectivity index (χ0) is 24.2. The zero-order valence-electron chi connectivity index (χ0n) is 16.8. The van der Waals surface area contributed by atoms with Gasteiger partial charge in [-0.2, -0.15) is 26.3 Å². The normalized spacial score (nSPS) is 11.7. The molecule has 3 rings (SSSR count). The van der Waals surface area contributed by atoms with Crippen molar-refractivity contribution < 1.29 is 45.3 Å². The maximum atomic E-state index is 12.7. The number of carbonyl (C=O) groups excluding carboxylic acids is 1. The molecule has 0 bridgehead atoms. The second kappa shape index (κ2) is 9.39. The smallest absolute Gasteiger partial charge is 0.416 e. The van der Waals surface area contributed by atoms with Crippen LogP contribution in [-0.4, -0.2) is 17.6 Å². The van der Waals surface area contributed by atoms with Crippen molar-refractivity contribution in [3.05, 3.63) is 77.5 Å². The number of ether oxygens (including phenoxy) is 3. The summed E-state index contributed by atoms with van der Waals surface area (Å²) in [4.78, 5) is 16.1. The Morgan fingerprint density at radius 3 is 1.70 bits per heavy atom. The summed E-state index contributed by atoms with van der Waals surface area (Å²) in [6, 6.07) is 9.98. The van der Waals surface area contributed by atoms with Crippen LogP contribution in [0.25, 0.3) is 0 Å². The topological polar surface area (TPSA) is 57.7 Å². The molecule has 0 aliphatic rings. The molecule has 2 aromatic carbocycles. The number of carbonyl (C=O) groups is 1. The van der Waals surface area contributed by atoms with Crippen molar-refractivity contribution in [2.24, 2.45) is 0 Å². The van der Waals surface area contributed by atoms with E-state index < -0.39 is 29.4 Å². The molecule has 0 atom stereocenters. The lowest BCUT2D eigenvalue weighted by Crippen LogP contribution is -2.08. The maximum absolute atomic E-state index is 12.7. The molecule has 5 nitrogen and oxygen atoms in total. The third-order valence-electron chi connectivity index (χ3n) is 4.08. The molecule has 0 radical (unpaired) electrons. The summed E-state index contributed by atoms with van der Waals surface area (Å²) in [6.07, 6.45) is -9.04. The Kier molecular flexibility index (Phi) is 6.80. The quantitative estimate of drug-likeness (QED) is 0.290. The number of aromatic nitrogens is 1. The highest BCUT2D eigenvalue weighted by Gasteiger charge is 2.31. The van der Waals surface area contributed by atoms with Crippen molar-refractivity contribution in [1.29, 1.82) is 0 Å². The molecule has 0 saturated carbocycles. The van der Waals surface area contributed by atoms with Crippen LogP contribution in [0.3, 0.4) is 0 Å². The van der Waals surface area contributed by atoms with E-state index in [2.05, 4.69) is 4.98 Å². The predicted octanol–water partition coefficient (Wildman–Crippen LogP) is 6.88. The van der Waals surface area contributed by atoms with Gasteiger partial charge in [0.1, 0.15) is 17.2 Å². The van der Waals surface area contributed by atoms with Crippen molar-refractivity contribution in [2.75, 3.05) is 6.61 Å². The first-order valence-corrected chi connectivity index (χ1v) is 9.35. The van der Waals surface area contributed by atoms with Gasteiger partial charge in [-0.3, -0.25) is 0 Å². The number of pyridine rings is 1.